The number of benzene rings is 2. The molecular weight excluding hydrogens is 208 g/mol. The molecule has 0 radical (unpaired) electrons. The van der Waals surface area contributed by atoms with Crippen LogP contribution in [0.25, 0.3) is 6.08 Å². The number of hydrogen-bond acceptors (Lipinski definition) is 1. The molecule has 1 heteroatoms. The van der Waals surface area contributed by atoms with Crippen molar-refractivity contribution < 1.29 is 4.74 Å². The van der Waals surface area contributed by atoms with E-state index in [4.69, 9.17) is 4.74 Å². The summed E-state index contributed by atoms with van der Waals surface area (Å²) in [5.41, 5.74) is 3.51. The van der Waals surface area contributed by atoms with Crippen LogP contribution in [0.1, 0.15) is 16.7 Å². The fraction of sp³-hybridized carbons (Fsp3) is 0.125. The topological polar surface area (TPSA) is 9.23 Å². The van der Waals surface area contributed by atoms with Crippen molar-refractivity contribution in [2.75, 3.05) is 0 Å². The molecular formula is C16H16O. The zero-order valence-electron chi connectivity index (χ0n) is 10.0. The predicted octanol–water partition coefficient (Wildman–Crippen LogP) is 4.22. The third-order valence-electron chi connectivity index (χ3n) is 2.71. The summed E-state index contributed by atoms with van der Waals surface area (Å²) >= 11 is 0. The lowest BCUT2D eigenvalue weighted by Gasteiger charge is -2.08. The van der Waals surface area contributed by atoms with Crippen molar-refractivity contribution in [3.63, 3.8) is 0 Å². The normalized spacial score (nSPS) is 9.94. The lowest BCUT2D eigenvalue weighted by Crippen LogP contribution is -1.95. The molecule has 2 aromatic rings. The molecule has 0 unspecified atom stereocenters. The molecule has 86 valence electrons. The number of aryl methyl sites for hydroxylation is 1. The van der Waals surface area contributed by atoms with Gasteiger partial charge in [-0.15, -0.1) is 0 Å². The van der Waals surface area contributed by atoms with Crippen LogP contribution in [-0.2, 0) is 6.61 Å². The smallest absolute Gasteiger partial charge is 0.120 e. The van der Waals surface area contributed by atoms with Crippen LogP contribution in [0.4, 0.5) is 0 Å². The van der Waals surface area contributed by atoms with Gasteiger partial charge in [-0.2, -0.15) is 0 Å². The summed E-state index contributed by atoms with van der Waals surface area (Å²) in [6, 6.07) is 16.2. The fourth-order valence-electron chi connectivity index (χ4n) is 1.71. The first-order valence-corrected chi connectivity index (χ1v) is 5.69. The Kier molecular flexibility index (Phi) is 3.61. The van der Waals surface area contributed by atoms with Crippen LogP contribution in [0.2, 0.25) is 0 Å². The van der Waals surface area contributed by atoms with Gasteiger partial charge in [0.05, 0.1) is 0 Å². The van der Waals surface area contributed by atoms with E-state index in [1.54, 1.807) is 0 Å². The van der Waals surface area contributed by atoms with Crippen LogP contribution in [0.3, 0.4) is 0 Å². The van der Waals surface area contributed by atoms with Gasteiger partial charge < -0.3 is 4.74 Å². The van der Waals surface area contributed by atoms with E-state index in [9.17, 15) is 0 Å². The number of ether oxygens (including phenoxy) is 1. The van der Waals surface area contributed by atoms with E-state index >= 15 is 0 Å². The minimum absolute atomic E-state index is 0.605. The second-order valence-corrected chi connectivity index (χ2v) is 4.00. The minimum atomic E-state index is 0.605. The molecule has 0 aromatic heterocycles. The second kappa shape index (κ2) is 5.35. The molecule has 1 nitrogen and oxygen atoms in total. The Balaban J connectivity index is 2.05. The molecule has 17 heavy (non-hydrogen) atoms. The monoisotopic (exact) mass is 224 g/mol. The third kappa shape index (κ3) is 2.97. The molecule has 0 saturated heterocycles. The number of rotatable bonds is 4. The van der Waals surface area contributed by atoms with E-state index in [1.165, 1.54) is 11.1 Å². The molecule has 0 heterocycles. The van der Waals surface area contributed by atoms with Gasteiger partial charge in [0.25, 0.3) is 0 Å². The molecule has 0 atom stereocenters. The standard InChI is InChI=1S/C16H16O/c1-3-15-9-10-16(11-13(15)2)17-12-14-7-5-4-6-8-14/h3-11H,1,12H2,2H3. The lowest BCUT2D eigenvalue weighted by atomic mass is 10.1. The Morgan fingerprint density at radius 3 is 2.53 bits per heavy atom. The maximum absolute atomic E-state index is 5.74. The van der Waals surface area contributed by atoms with Gasteiger partial charge in [-0.1, -0.05) is 49.1 Å². The van der Waals surface area contributed by atoms with Gasteiger partial charge in [0.15, 0.2) is 0 Å². The molecule has 0 spiro atoms. The first-order valence-electron chi connectivity index (χ1n) is 5.69. The molecule has 0 aliphatic rings. The molecule has 0 saturated carbocycles. The molecule has 0 aliphatic carbocycles. The first kappa shape index (κ1) is 11.5. The Bertz CT molecular complexity index is 500. The van der Waals surface area contributed by atoms with Gasteiger partial charge in [0, 0.05) is 0 Å². The van der Waals surface area contributed by atoms with Crippen molar-refractivity contribution in [3.8, 4) is 5.75 Å². The molecule has 2 rings (SSSR count). The van der Waals surface area contributed by atoms with Crippen LogP contribution in [0.5, 0.6) is 5.75 Å². The highest BCUT2D eigenvalue weighted by atomic mass is 16.5. The predicted molar refractivity (Wildman–Crippen MR) is 72.0 cm³/mol. The Hall–Kier alpha value is -2.02. The Labute approximate surface area is 102 Å². The van der Waals surface area contributed by atoms with Crippen molar-refractivity contribution in [2.24, 2.45) is 0 Å². The van der Waals surface area contributed by atoms with Crippen molar-refractivity contribution in [1.82, 2.24) is 0 Å². The van der Waals surface area contributed by atoms with Crippen molar-refractivity contribution in [1.29, 1.82) is 0 Å². The fourth-order valence-corrected chi connectivity index (χ4v) is 1.71. The van der Waals surface area contributed by atoms with Gasteiger partial charge in [-0.3, -0.25) is 0 Å². The van der Waals surface area contributed by atoms with E-state index in [0.29, 0.717) is 6.61 Å². The van der Waals surface area contributed by atoms with E-state index in [-0.39, 0.29) is 0 Å². The minimum Gasteiger partial charge on any atom is -0.489 e. The highest BCUT2D eigenvalue weighted by molar-refractivity contribution is 5.53. The molecule has 0 N–H and O–H groups in total. The lowest BCUT2D eigenvalue weighted by molar-refractivity contribution is 0.306. The summed E-state index contributed by atoms with van der Waals surface area (Å²) in [7, 11) is 0. The van der Waals surface area contributed by atoms with Gasteiger partial charge in [-0.25, -0.2) is 0 Å². The maximum atomic E-state index is 5.74. The summed E-state index contributed by atoms with van der Waals surface area (Å²) in [4.78, 5) is 0. The Morgan fingerprint density at radius 2 is 1.88 bits per heavy atom. The van der Waals surface area contributed by atoms with Crippen molar-refractivity contribution in [3.05, 3.63) is 71.8 Å². The second-order valence-electron chi connectivity index (χ2n) is 4.00. The zero-order valence-corrected chi connectivity index (χ0v) is 10.0. The summed E-state index contributed by atoms with van der Waals surface area (Å²) in [6.07, 6.45) is 1.86. The molecule has 0 aliphatic heterocycles. The van der Waals surface area contributed by atoms with Crippen LogP contribution in [0.15, 0.2) is 55.1 Å². The van der Waals surface area contributed by atoms with Gasteiger partial charge >= 0.3 is 0 Å². The summed E-state index contributed by atoms with van der Waals surface area (Å²) in [6.45, 7) is 6.44. The quantitative estimate of drug-likeness (QED) is 0.755. The summed E-state index contributed by atoms with van der Waals surface area (Å²) in [5, 5.41) is 0. The van der Waals surface area contributed by atoms with Crippen molar-refractivity contribution >= 4 is 6.08 Å². The van der Waals surface area contributed by atoms with Crippen LogP contribution in [-0.4, -0.2) is 0 Å². The maximum Gasteiger partial charge on any atom is 0.120 e. The molecule has 0 amide bonds. The van der Waals surface area contributed by atoms with E-state index < -0.39 is 0 Å². The van der Waals surface area contributed by atoms with Crippen LogP contribution < -0.4 is 4.74 Å². The highest BCUT2D eigenvalue weighted by Gasteiger charge is 1.98. The largest absolute Gasteiger partial charge is 0.489 e. The van der Waals surface area contributed by atoms with Crippen molar-refractivity contribution in [2.45, 2.75) is 13.5 Å². The molecule has 2 aromatic carbocycles. The van der Waals surface area contributed by atoms with E-state index in [0.717, 1.165) is 11.3 Å². The summed E-state index contributed by atoms with van der Waals surface area (Å²) < 4.78 is 5.74. The van der Waals surface area contributed by atoms with Crippen LogP contribution >= 0.6 is 0 Å². The Morgan fingerprint density at radius 1 is 1.12 bits per heavy atom. The van der Waals surface area contributed by atoms with E-state index in [2.05, 4.69) is 25.6 Å². The SMILES string of the molecule is C=Cc1ccc(OCc2ccccc2)cc1C. The summed E-state index contributed by atoms with van der Waals surface area (Å²) in [5.74, 6) is 0.900. The molecule has 0 fully saturated rings. The van der Waals surface area contributed by atoms with Gasteiger partial charge in [0.2, 0.25) is 0 Å². The first-order chi connectivity index (χ1) is 8.29. The average molecular weight is 224 g/mol. The van der Waals surface area contributed by atoms with Gasteiger partial charge in [0.1, 0.15) is 12.4 Å². The number of hydrogen-bond donors (Lipinski definition) is 0. The van der Waals surface area contributed by atoms with Crippen LogP contribution in [0, 0.1) is 6.92 Å². The highest BCUT2D eigenvalue weighted by Crippen LogP contribution is 2.19. The molecule has 0 bridgehead atoms. The zero-order chi connectivity index (χ0) is 12.1. The van der Waals surface area contributed by atoms with E-state index in [1.807, 2.05) is 42.5 Å². The third-order valence-corrected chi connectivity index (χ3v) is 2.71. The average Bonchev–Trinajstić information content (AvgIpc) is 2.38. The van der Waals surface area contributed by atoms with Gasteiger partial charge in [-0.05, 0) is 35.7 Å².